The standard InChI is InChI=1S/C14H21NOS/c16-14(11-13-6-10-17-12-13)5-9-15-7-3-1-2-4-8-15/h6,10,12H,1-5,7-9,11H2. The zero-order valence-electron chi connectivity index (χ0n) is 10.4. The van der Waals surface area contributed by atoms with E-state index in [-0.39, 0.29) is 0 Å². The number of carbonyl (C=O) groups is 1. The Morgan fingerprint density at radius 1 is 1.24 bits per heavy atom. The number of rotatable bonds is 5. The van der Waals surface area contributed by atoms with Crippen molar-refractivity contribution in [2.75, 3.05) is 19.6 Å². The molecule has 0 saturated carbocycles. The molecule has 3 heteroatoms. The first-order chi connectivity index (χ1) is 8.34. The molecular formula is C14H21NOS. The van der Waals surface area contributed by atoms with Crippen LogP contribution in [0, 0.1) is 0 Å². The predicted octanol–water partition coefficient (Wildman–Crippen LogP) is 3.13. The molecule has 2 nitrogen and oxygen atoms in total. The predicted molar refractivity (Wildman–Crippen MR) is 72.6 cm³/mol. The maximum Gasteiger partial charge on any atom is 0.138 e. The van der Waals surface area contributed by atoms with E-state index in [0.29, 0.717) is 12.2 Å². The molecule has 1 fully saturated rings. The first-order valence-electron chi connectivity index (χ1n) is 6.60. The number of thiophene rings is 1. The van der Waals surface area contributed by atoms with Crippen LogP contribution in [0.3, 0.4) is 0 Å². The lowest BCUT2D eigenvalue weighted by Crippen LogP contribution is -2.27. The molecule has 0 atom stereocenters. The fraction of sp³-hybridized carbons (Fsp3) is 0.643. The summed E-state index contributed by atoms with van der Waals surface area (Å²) in [6.07, 6.45) is 6.67. The lowest BCUT2D eigenvalue weighted by atomic mass is 10.1. The summed E-state index contributed by atoms with van der Waals surface area (Å²) in [5.41, 5.74) is 1.18. The topological polar surface area (TPSA) is 20.3 Å². The summed E-state index contributed by atoms with van der Waals surface area (Å²) in [6.45, 7) is 3.33. The fourth-order valence-electron chi connectivity index (χ4n) is 2.35. The van der Waals surface area contributed by atoms with Crippen LogP contribution in [0.5, 0.6) is 0 Å². The molecule has 1 aliphatic heterocycles. The van der Waals surface area contributed by atoms with E-state index in [1.165, 1.54) is 44.3 Å². The normalized spacial score (nSPS) is 17.9. The van der Waals surface area contributed by atoms with Crippen LogP contribution in [0.4, 0.5) is 0 Å². The minimum atomic E-state index is 0.382. The molecule has 1 aliphatic rings. The van der Waals surface area contributed by atoms with Crippen molar-refractivity contribution >= 4 is 17.1 Å². The molecule has 2 rings (SSSR count). The highest BCUT2D eigenvalue weighted by Gasteiger charge is 2.11. The van der Waals surface area contributed by atoms with E-state index >= 15 is 0 Å². The molecule has 0 radical (unpaired) electrons. The van der Waals surface area contributed by atoms with Gasteiger partial charge in [-0.05, 0) is 48.3 Å². The molecule has 0 amide bonds. The second-order valence-corrected chi connectivity index (χ2v) is 5.63. The van der Waals surface area contributed by atoms with E-state index in [0.717, 1.165) is 13.0 Å². The molecule has 0 bridgehead atoms. The Hall–Kier alpha value is -0.670. The molecule has 1 aromatic rings. The molecule has 17 heavy (non-hydrogen) atoms. The average molecular weight is 251 g/mol. The van der Waals surface area contributed by atoms with Crippen LogP contribution in [-0.4, -0.2) is 30.3 Å². The summed E-state index contributed by atoms with van der Waals surface area (Å²) in [5, 5.41) is 4.11. The molecule has 94 valence electrons. The third-order valence-corrected chi connectivity index (χ3v) is 4.12. The average Bonchev–Trinajstić information content (AvgIpc) is 2.68. The van der Waals surface area contributed by atoms with E-state index in [9.17, 15) is 4.79 Å². The van der Waals surface area contributed by atoms with Crippen molar-refractivity contribution in [1.29, 1.82) is 0 Å². The molecule has 2 heterocycles. The van der Waals surface area contributed by atoms with Gasteiger partial charge in [-0.15, -0.1) is 0 Å². The largest absolute Gasteiger partial charge is 0.303 e. The smallest absolute Gasteiger partial charge is 0.138 e. The first kappa shape index (κ1) is 12.8. The lowest BCUT2D eigenvalue weighted by molar-refractivity contribution is -0.118. The second-order valence-electron chi connectivity index (χ2n) is 4.85. The molecule has 0 unspecified atom stereocenters. The van der Waals surface area contributed by atoms with Gasteiger partial charge < -0.3 is 4.90 Å². The van der Waals surface area contributed by atoms with E-state index in [4.69, 9.17) is 0 Å². The van der Waals surface area contributed by atoms with Crippen LogP contribution in [0.25, 0.3) is 0 Å². The lowest BCUT2D eigenvalue weighted by Gasteiger charge is -2.18. The Morgan fingerprint density at radius 3 is 2.65 bits per heavy atom. The van der Waals surface area contributed by atoms with Gasteiger partial charge >= 0.3 is 0 Å². The van der Waals surface area contributed by atoms with Gasteiger partial charge in [0.2, 0.25) is 0 Å². The summed E-state index contributed by atoms with van der Waals surface area (Å²) in [7, 11) is 0. The van der Waals surface area contributed by atoms with E-state index in [1.807, 2.05) is 5.38 Å². The third kappa shape index (κ3) is 4.60. The van der Waals surface area contributed by atoms with Crippen molar-refractivity contribution in [3.8, 4) is 0 Å². The van der Waals surface area contributed by atoms with Crippen LogP contribution >= 0.6 is 11.3 Å². The molecule has 0 aromatic carbocycles. The summed E-state index contributed by atoms with van der Waals surface area (Å²) in [6, 6.07) is 2.05. The summed E-state index contributed by atoms with van der Waals surface area (Å²) in [5.74, 6) is 0.382. The highest BCUT2D eigenvalue weighted by atomic mass is 32.1. The number of carbonyl (C=O) groups excluding carboxylic acids is 1. The molecule has 0 aliphatic carbocycles. The fourth-order valence-corrected chi connectivity index (χ4v) is 3.02. The van der Waals surface area contributed by atoms with Crippen molar-refractivity contribution in [3.63, 3.8) is 0 Å². The Labute approximate surface area is 108 Å². The van der Waals surface area contributed by atoms with Crippen LogP contribution in [0.2, 0.25) is 0 Å². The van der Waals surface area contributed by atoms with Crippen LogP contribution < -0.4 is 0 Å². The first-order valence-corrected chi connectivity index (χ1v) is 7.54. The number of ketones is 1. The SMILES string of the molecule is O=C(CCN1CCCCCC1)Cc1ccsc1. The van der Waals surface area contributed by atoms with Crippen molar-refractivity contribution in [1.82, 2.24) is 4.90 Å². The Morgan fingerprint density at radius 2 is 2.00 bits per heavy atom. The van der Waals surface area contributed by atoms with Gasteiger partial charge in [0.1, 0.15) is 5.78 Å². The van der Waals surface area contributed by atoms with Crippen molar-refractivity contribution in [2.45, 2.75) is 38.5 Å². The van der Waals surface area contributed by atoms with Gasteiger partial charge in [-0.2, -0.15) is 11.3 Å². The third-order valence-electron chi connectivity index (χ3n) is 3.39. The summed E-state index contributed by atoms with van der Waals surface area (Å²) < 4.78 is 0. The van der Waals surface area contributed by atoms with Crippen LogP contribution in [-0.2, 0) is 11.2 Å². The van der Waals surface area contributed by atoms with Crippen LogP contribution in [0.15, 0.2) is 16.8 Å². The molecule has 1 saturated heterocycles. The van der Waals surface area contributed by atoms with Gasteiger partial charge in [-0.3, -0.25) is 4.79 Å². The molecule has 0 spiro atoms. The number of likely N-dealkylation sites (tertiary alicyclic amines) is 1. The minimum Gasteiger partial charge on any atom is -0.303 e. The van der Waals surface area contributed by atoms with Crippen molar-refractivity contribution < 1.29 is 4.79 Å². The highest BCUT2D eigenvalue weighted by molar-refractivity contribution is 7.07. The minimum absolute atomic E-state index is 0.382. The zero-order chi connectivity index (χ0) is 11.9. The maximum atomic E-state index is 11.8. The van der Waals surface area contributed by atoms with E-state index < -0.39 is 0 Å². The van der Waals surface area contributed by atoms with Gasteiger partial charge in [0.25, 0.3) is 0 Å². The Balaban J connectivity index is 1.68. The van der Waals surface area contributed by atoms with Gasteiger partial charge in [0.05, 0.1) is 0 Å². The van der Waals surface area contributed by atoms with E-state index in [2.05, 4.69) is 16.3 Å². The monoisotopic (exact) mass is 251 g/mol. The summed E-state index contributed by atoms with van der Waals surface area (Å²) >= 11 is 1.67. The zero-order valence-corrected chi connectivity index (χ0v) is 11.2. The molecule has 0 N–H and O–H groups in total. The van der Waals surface area contributed by atoms with Crippen molar-refractivity contribution in [2.24, 2.45) is 0 Å². The summed E-state index contributed by atoms with van der Waals surface area (Å²) in [4.78, 5) is 14.3. The van der Waals surface area contributed by atoms with Gasteiger partial charge in [-0.25, -0.2) is 0 Å². The van der Waals surface area contributed by atoms with Gasteiger partial charge in [0, 0.05) is 19.4 Å². The number of nitrogens with zero attached hydrogens (tertiary/aromatic N) is 1. The number of hydrogen-bond acceptors (Lipinski definition) is 3. The Bertz CT molecular complexity index is 326. The van der Waals surface area contributed by atoms with Gasteiger partial charge in [-0.1, -0.05) is 12.8 Å². The maximum absolute atomic E-state index is 11.8. The number of Topliss-reactive ketones (excluding diaryl/α,β-unsaturated/α-hetero) is 1. The van der Waals surface area contributed by atoms with Crippen LogP contribution in [0.1, 0.15) is 37.7 Å². The van der Waals surface area contributed by atoms with Crippen molar-refractivity contribution in [3.05, 3.63) is 22.4 Å². The molecular weight excluding hydrogens is 230 g/mol. The van der Waals surface area contributed by atoms with E-state index in [1.54, 1.807) is 11.3 Å². The van der Waals surface area contributed by atoms with Gasteiger partial charge in [0.15, 0.2) is 0 Å². The quantitative estimate of drug-likeness (QED) is 0.801. The second kappa shape index (κ2) is 6.92. The molecule has 1 aromatic heterocycles. The number of hydrogen-bond donors (Lipinski definition) is 0. The Kier molecular flexibility index (Phi) is 5.20. The highest BCUT2D eigenvalue weighted by Crippen LogP contribution is 2.11.